The number of aryl methyl sites for hydroxylation is 2. The third kappa shape index (κ3) is 5.10. The van der Waals surface area contributed by atoms with Gasteiger partial charge in [0.1, 0.15) is 11.9 Å². The van der Waals surface area contributed by atoms with Gasteiger partial charge in [0.05, 0.1) is 10.6 Å². The van der Waals surface area contributed by atoms with Crippen molar-refractivity contribution in [1.82, 2.24) is 9.71 Å². The number of nitrogens with one attached hydrogen (secondary N) is 2. The van der Waals surface area contributed by atoms with Crippen molar-refractivity contribution in [2.24, 2.45) is 0 Å². The fourth-order valence-corrected chi connectivity index (χ4v) is 4.75. The maximum absolute atomic E-state index is 13.1. The van der Waals surface area contributed by atoms with Gasteiger partial charge in [0, 0.05) is 10.9 Å². The summed E-state index contributed by atoms with van der Waals surface area (Å²) in [6.07, 6.45) is 0.238. The van der Waals surface area contributed by atoms with Gasteiger partial charge in [0.2, 0.25) is 15.9 Å². The Balaban J connectivity index is 1.71. The molecule has 0 bridgehead atoms. The molecular weight excluding hydrogens is 425 g/mol. The largest absolute Gasteiger partial charge is 0.301 e. The van der Waals surface area contributed by atoms with E-state index in [1.807, 2.05) is 37.4 Å². The number of carbonyl (C=O) groups is 1. The molecular formula is C21H22FN3O3S2. The topological polar surface area (TPSA) is 88.2 Å². The van der Waals surface area contributed by atoms with Crippen molar-refractivity contribution in [2.45, 2.75) is 38.1 Å². The third-order valence-electron chi connectivity index (χ3n) is 4.68. The van der Waals surface area contributed by atoms with E-state index in [0.29, 0.717) is 5.13 Å². The van der Waals surface area contributed by atoms with Crippen LogP contribution in [0.3, 0.4) is 0 Å². The highest BCUT2D eigenvalue weighted by atomic mass is 32.2. The highest BCUT2D eigenvalue weighted by molar-refractivity contribution is 7.89. The Hall–Kier alpha value is -2.62. The van der Waals surface area contributed by atoms with Crippen molar-refractivity contribution in [3.63, 3.8) is 0 Å². The second kappa shape index (κ2) is 9.03. The molecule has 3 aromatic rings. The highest BCUT2D eigenvalue weighted by Gasteiger charge is 2.25. The Morgan fingerprint density at radius 2 is 1.83 bits per heavy atom. The van der Waals surface area contributed by atoms with Gasteiger partial charge >= 0.3 is 0 Å². The molecule has 6 nitrogen and oxygen atoms in total. The number of benzene rings is 2. The summed E-state index contributed by atoms with van der Waals surface area (Å²) in [5.74, 6) is -1.05. The molecule has 2 aromatic carbocycles. The zero-order valence-corrected chi connectivity index (χ0v) is 18.4. The maximum Gasteiger partial charge on any atom is 0.244 e. The Bertz CT molecular complexity index is 1160. The summed E-state index contributed by atoms with van der Waals surface area (Å²) in [6.45, 7) is 5.75. The smallest absolute Gasteiger partial charge is 0.244 e. The zero-order chi connectivity index (χ0) is 21.9. The first-order valence-electron chi connectivity index (χ1n) is 9.31. The molecule has 0 spiro atoms. The van der Waals surface area contributed by atoms with Crippen LogP contribution in [0.1, 0.15) is 24.5 Å². The molecule has 1 atom stereocenters. The predicted octanol–water partition coefficient (Wildman–Crippen LogP) is 4.26. The molecule has 158 valence electrons. The lowest BCUT2D eigenvalue weighted by Crippen LogP contribution is -2.43. The van der Waals surface area contributed by atoms with E-state index in [1.54, 1.807) is 6.92 Å². The molecule has 3 rings (SSSR count). The van der Waals surface area contributed by atoms with Crippen LogP contribution in [0.2, 0.25) is 0 Å². The fraction of sp³-hybridized carbons (Fsp3) is 0.238. The average Bonchev–Trinajstić information content (AvgIpc) is 3.17. The van der Waals surface area contributed by atoms with Crippen LogP contribution in [0.25, 0.3) is 11.3 Å². The first-order chi connectivity index (χ1) is 14.2. The number of sulfonamides is 1. The minimum absolute atomic E-state index is 0.110. The summed E-state index contributed by atoms with van der Waals surface area (Å²) >= 11 is 1.26. The van der Waals surface area contributed by atoms with Crippen molar-refractivity contribution in [1.29, 1.82) is 0 Å². The van der Waals surface area contributed by atoms with Crippen molar-refractivity contribution in [3.8, 4) is 11.3 Å². The van der Waals surface area contributed by atoms with Crippen LogP contribution in [-0.2, 0) is 14.8 Å². The molecule has 0 saturated carbocycles. The van der Waals surface area contributed by atoms with Gasteiger partial charge in [-0.3, -0.25) is 4.79 Å². The van der Waals surface area contributed by atoms with Gasteiger partial charge in [-0.15, -0.1) is 11.3 Å². The molecule has 1 aromatic heterocycles. The monoisotopic (exact) mass is 447 g/mol. The van der Waals surface area contributed by atoms with Crippen molar-refractivity contribution < 1.29 is 17.6 Å². The summed E-state index contributed by atoms with van der Waals surface area (Å²) in [5.41, 5.74) is 4.01. The molecule has 1 amide bonds. The summed E-state index contributed by atoms with van der Waals surface area (Å²) in [6, 6.07) is 9.43. The maximum atomic E-state index is 13.1. The SMILES string of the molecule is CCC(NS(=O)(=O)c1ccc(F)cc1)C(=O)Nc1nc(-c2ccc(C)c(C)c2)cs1. The quantitative estimate of drug-likeness (QED) is 0.566. The molecule has 0 aliphatic heterocycles. The molecule has 1 heterocycles. The second-order valence-electron chi connectivity index (χ2n) is 6.86. The normalized spacial score (nSPS) is 12.5. The summed E-state index contributed by atoms with van der Waals surface area (Å²) in [7, 11) is -3.97. The number of amides is 1. The Morgan fingerprint density at radius 3 is 2.47 bits per heavy atom. The third-order valence-corrected chi connectivity index (χ3v) is 6.93. The standard InChI is InChI=1S/C21H22FN3O3S2/c1-4-18(25-30(27,28)17-9-7-16(22)8-10-17)20(26)24-21-23-19(12-29-21)15-6-5-13(2)14(3)11-15/h5-12,18,25H,4H2,1-3H3,(H,23,24,26). The molecule has 0 aliphatic rings. The molecule has 9 heteroatoms. The van der Waals surface area contributed by atoms with E-state index >= 15 is 0 Å². The number of thiazole rings is 1. The average molecular weight is 448 g/mol. The molecule has 0 aliphatic carbocycles. The molecule has 1 unspecified atom stereocenters. The van der Waals surface area contributed by atoms with Gasteiger partial charge in [-0.05, 0) is 61.7 Å². The Morgan fingerprint density at radius 1 is 1.13 bits per heavy atom. The van der Waals surface area contributed by atoms with E-state index < -0.39 is 27.8 Å². The lowest BCUT2D eigenvalue weighted by molar-refractivity contribution is -0.117. The summed E-state index contributed by atoms with van der Waals surface area (Å²) < 4.78 is 40.4. The lowest BCUT2D eigenvalue weighted by atomic mass is 10.1. The van der Waals surface area contributed by atoms with Crippen molar-refractivity contribution in [2.75, 3.05) is 5.32 Å². The van der Waals surface area contributed by atoms with Gasteiger partial charge in [-0.2, -0.15) is 4.72 Å². The number of carbonyl (C=O) groups excluding carboxylic acids is 1. The van der Waals surface area contributed by atoms with E-state index in [1.165, 1.54) is 16.9 Å². The number of halogens is 1. The van der Waals surface area contributed by atoms with Gasteiger partial charge in [-0.1, -0.05) is 19.1 Å². The van der Waals surface area contributed by atoms with Crippen LogP contribution < -0.4 is 10.0 Å². The Kier molecular flexibility index (Phi) is 6.64. The van der Waals surface area contributed by atoms with Gasteiger partial charge in [0.15, 0.2) is 5.13 Å². The molecule has 2 N–H and O–H groups in total. The van der Waals surface area contributed by atoms with E-state index in [9.17, 15) is 17.6 Å². The van der Waals surface area contributed by atoms with Crippen LogP contribution in [0, 0.1) is 19.7 Å². The van der Waals surface area contributed by atoms with Crippen LogP contribution in [0.5, 0.6) is 0 Å². The minimum Gasteiger partial charge on any atom is -0.301 e. The van der Waals surface area contributed by atoms with Gasteiger partial charge < -0.3 is 5.32 Å². The summed E-state index contributed by atoms with van der Waals surface area (Å²) in [5, 5.41) is 4.89. The fourth-order valence-electron chi connectivity index (χ4n) is 2.75. The summed E-state index contributed by atoms with van der Waals surface area (Å²) in [4.78, 5) is 17.0. The van der Waals surface area contributed by atoms with Crippen molar-refractivity contribution in [3.05, 3.63) is 64.8 Å². The van der Waals surface area contributed by atoms with E-state index in [2.05, 4.69) is 15.0 Å². The van der Waals surface area contributed by atoms with Crippen LogP contribution in [0.4, 0.5) is 9.52 Å². The predicted molar refractivity (Wildman–Crippen MR) is 116 cm³/mol. The first kappa shape index (κ1) is 22.1. The van der Waals surface area contributed by atoms with Gasteiger partial charge in [0.25, 0.3) is 0 Å². The Labute approximate surface area is 179 Å². The van der Waals surface area contributed by atoms with Crippen molar-refractivity contribution >= 4 is 32.4 Å². The van der Waals surface area contributed by atoms with Crippen LogP contribution in [-0.4, -0.2) is 25.4 Å². The van der Waals surface area contributed by atoms with E-state index in [4.69, 9.17) is 0 Å². The van der Waals surface area contributed by atoms with Crippen LogP contribution in [0.15, 0.2) is 52.7 Å². The number of rotatable bonds is 7. The minimum atomic E-state index is -3.97. The number of anilines is 1. The number of hydrogen-bond acceptors (Lipinski definition) is 5. The first-order valence-corrected chi connectivity index (χ1v) is 11.7. The van der Waals surface area contributed by atoms with Gasteiger partial charge in [-0.25, -0.2) is 17.8 Å². The highest BCUT2D eigenvalue weighted by Crippen LogP contribution is 2.26. The molecule has 0 radical (unpaired) electrons. The molecule has 30 heavy (non-hydrogen) atoms. The van der Waals surface area contributed by atoms with E-state index in [-0.39, 0.29) is 11.3 Å². The van der Waals surface area contributed by atoms with E-state index in [0.717, 1.165) is 41.1 Å². The second-order valence-corrected chi connectivity index (χ2v) is 9.43. The molecule has 0 saturated heterocycles. The van der Waals surface area contributed by atoms with Crippen LogP contribution >= 0.6 is 11.3 Å². The number of hydrogen-bond donors (Lipinski definition) is 2. The zero-order valence-electron chi connectivity index (χ0n) is 16.8. The number of aromatic nitrogens is 1. The number of nitrogens with zero attached hydrogens (tertiary/aromatic N) is 1. The lowest BCUT2D eigenvalue weighted by Gasteiger charge is -2.16. The molecule has 0 fully saturated rings.